The van der Waals surface area contributed by atoms with E-state index in [9.17, 15) is 30.0 Å². The number of rotatable bonds is 7. The lowest BCUT2D eigenvalue weighted by Crippen LogP contribution is -2.40. The summed E-state index contributed by atoms with van der Waals surface area (Å²) in [4.78, 5) is 1.51. The van der Waals surface area contributed by atoms with Gasteiger partial charge in [-0.25, -0.2) is 8.42 Å². The topological polar surface area (TPSA) is 84.0 Å². The third-order valence-electron chi connectivity index (χ3n) is 5.54. The molecule has 1 atom stereocenters. The van der Waals surface area contributed by atoms with Crippen LogP contribution in [0.1, 0.15) is 26.2 Å². The quantitative estimate of drug-likeness (QED) is 0.280. The Bertz CT molecular complexity index is 1240. The van der Waals surface area contributed by atoms with Gasteiger partial charge in [0.15, 0.2) is 5.75 Å². The third-order valence-corrected chi connectivity index (χ3v) is 9.21. The summed E-state index contributed by atoms with van der Waals surface area (Å²) < 4.78 is 95.0. The van der Waals surface area contributed by atoms with Gasteiger partial charge in [-0.3, -0.25) is 0 Å². The fraction of sp³-hybridized carbons (Fsp3) is 0.429. The highest BCUT2D eigenvalue weighted by Crippen LogP contribution is 2.44. The second-order valence-corrected chi connectivity index (χ2v) is 12.1. The van der Waals surface area contributed by atoms with E-state index in [4.69, 9.17) is 0 Å². The fourth-order valence-electron chi connectivity index (χ4n) is 3.68. The van der Waals surface area contributed by atoms with Gasteiger partial charge in [0.1, 0.15) is 4.90 Å². The van der Waals surface area contributed by atoms with E-state index in [0.717, 1.165) is 30.7 Å². The van der Waals surface area contributed by atoms with E-state index in [1.807, 2.05) is 13.0 Å². The number of para-hydroxylation sites is 1. The number of fused-ring (bicyclic) bond motifs is 1. The van der Waals surface area contributed by atoms with Gasteiger partial charge in [-0.05, 0) is 30.9 Å². The van der Waals surface area contributed by atoms with Crippen LogP contribution in [0.15, 0.2) is 52.3 Å². The first-order valence-corrected chi connectivity index (χ1v) is 14.4. The number of unbranched alkanes of at least 4 members (excludes halogenated alkanes) is 1. The Hall–Kier alpha value is -1.96. The molecular weight excluding hydrogens is 513 g/mol. The molecule has 2 aromatic rings. The van der Waals surface area contributed by atoms with Crippen molar-refractivity contribution in [3.63, 3.8) is 0 Å². The van der Waals surface area contributed by atoms with Crippen LogP contribution in [0.25, 0.3) is 0 Å². The summed E-state index contributed by atoms with van der Waals surface area (Å²) in [6.45, 7) is 2.30. The molecule has 0 amide bonds. The van der Waals surface area contributed by atoms with Gasteiger partial charge in [0.25, 0.3) is 0 Å². The smallest absolute Gasteiger partial charge is 0.375 e. The second-order valence-electron chi connectivity index (χ2n) is 7.72. The predicted octanol–water partition coefficient (Wildman–Crippen LogP) is 4.97. The molecule has 0 bridgehead atoms. The van der Waals surface area contributed by atoms with Crippen LogP contribution in [0.5, 0.6) is 5.75 Å². The highest BCUT2D eigenvalue weighted by Gasteiger charge is 2.49. The number of sulfonamides is 1. The van der Waals surface area contributed by atoms with Crippen molar-refractivity contribution >= 4 is 43.3 Å². The molecule has 0 fully saturated rings. The van der Waals surface area contributed by atoms with Crippen molar-refractivity contribution in [3.8, 4) is 5.75 Å². The molecule has 0 aliphatic carbocycles. The summed E-state index contributed by atoms with van der Waals surface area (Å²) in [7, 11) is -8.76. The van der Waals surface area contributed by atoms with E-state index in [1.165, 1.54) is 23.7 Å². The van der Waals surface area contributed by atoms with E-state index in [-0.39, 0.29) is 15.5 Å². The maximum absolute atomic E-state index is 13.6. The maximum Gasteiger partial charge on any atom is 0.534 e. The number of halogens is 3. The van der Waals surface area contributed by atoms with Crippen molar-refractivity contribution in [1.29, 1.82) is 0 Å². The van der Waals surface area contributed by atoms with Gasteiger partial charge in [-0.15, -0.1) is 11.8 Å². The minimum Gasteiger partial charge on any atom is -0.375 e. The lowest BCUT2D eigenvalue weighted by molar-refractivity contribution is -0.0500. The predicted molar refractivity (Wildman–Crippen MR) is 126 cm³/mol. The van der Waals surface area contributed by atoms with Gasteiger partial charge in [0, 0.05) is 31.4 Å². The van der Waals surface area contributed by atoms with Crippen LogP contribution in [-0.4, -0.2) is 52.5 Å². The lowest BCUT2D eigenvalue weighted by atomic mass is 10.1. The summed E-state index contributed by atoms with van der Waals surface area (Å²) in [5, 5.41) is 0. The number of hydrogen-bond donors (Lipinski definition) is 0. The van der Waals surface area contributed by atoms with Crippen LogP contribution in [0.4, 0.5) is 24.5 Å². The molecule has 0 saturated carbocycles. The zero-order chi connectivity index (χ0) is 25.3. The van der Waals surface area contributed by atoms with Crippen LogP contribution in [0.2, 0.25) is 0 Å². The maximum atomic E-state index is 13.6. The van der Waals surface area contributed by atoms with Gasteiger partial charge >= 0.3 is 15.6 Å². The first kappa shape index (κ1) is 26.6. The third kappa shape index (κ3) is 5.16. The van der Waals surface area contributed by atoms with Gasteiger partial charge in [-0.1, -0.05) is 38.0 Å². The molecule has 7 nitrogen and oxygen atoms in total. The summed E-state index contributed by atoms with van der Waals surface area (Å²) in [6, 6.07) is 10.8. The second kappa shape index (κ2) is 9.96. The Kier molecular flexibility index (Phi) is 7.80. The lowest BCUT2D eigenvalue weighted by Gasteiger charge is -2.29. The Morgan fingerprint density at radius 3 is 2.38 bits per heavy atom. The molecule has 0 saturated heterocycles. The van der Waals surface area contributed by atoms with Gasteiger partial charge in [-0.2, -0.15) is 25.9 Å². The molecule has 0 aromatic heterocycles. The van der Waals surface area contributed by atoms with Crippen molar-refractivity contribution in [3.05, 3.63) is 42.5 Å². The molecule has 188 valence electrons. The number of thioether (sulfide) groups is 1. The van der Waals surface area contributed by atoms with Crippen molar-refractivity contribution in [2.75, 3.05) is 24.7 Å². The van der Waals surface area contributed by atoms with Gasteiger partial charge in [0.2, 0.25) is 10.0 Å². The molecule has 34 heavy (non-hydrogen) atoms. The Morgan fingerprint density at radius 2 is 1.82 bits per heavy atom. The first-order valence-electron chi connectivity index (χ1n) is 10.4. The summed E-state index contributed by atoms with van der Waals surface area (Å²) in [5.41, 5.74) is -4.73. The summed E-state index contributed by atoms with van der Waals surface area (Å²) in [5.74, 6) is -0.694. The standard InChI is InChI=1S/C21H25F3N2O5S3/c1-4-5-9-16-14-26(15-10-7-6-8-11-15)17-12-19(32-3)18(31-34(29,30)21(22,23)24)13-20(17)33(27,28)25(16)2/h6-8,10-13,16H,4-5,9,14H2,1-3H3. The largest absolute Gasteiger partial charge is 0.534 e. The Labute approximate surface area is 202 Å². The first-order chi connectivity index (χ1) is 15.8. The van der Waals surface area contributed by atoms with Crippen molar-refractivity contribution < 1.29 is 34.2 Å². The Balaban J connectivity index is 2.26. The minimum atomic E-state index is -5.99. The highest BCUT2D eigenvalue weighted by atomic mass is 32.2. The van der Waals surface area contributed by atoms with E-state index < -0.39 is 37.4 Å². The number of benzene rings is 2. The van der Waals surface area contributed by atoms with Crippen LogP contribution in [0.3, 0.4) is 0 Å². The number of hydrogen-bond acceptors (Lipinski definition) is 7. The van der Waals surface area contributed by atoms with Crippen LogP contribution in [-0.2, 0) is 20.1 Å². The SMILES string of the molecule is CCCCC1CN(c2ccccc2)c2cc(SC)c(OS(=O)(=O)C(F)(F)F)cc2S(=O)(=O)N1C. The monoisotopic (exact) mass is 538 g/mol. The van der Waals surface area contributed by atoms with E-state index in [2.05, 4.69) is 4.18 Å². The molecule has 1 heterocycles. The number of nitrogens with zero attached hydrogens (tertiary/aromatic N) is 2. The van der Waals surface area contributed by atoms with Crippen LogP contribution >= 0.6 is 11.8 Å². The summed E-state index contributed by atoms with van der Waals surface area (Å²) in [6.07, 6.45) is 3.73. The molecule has 1 aliphatic rings. The average Bonchev–Trinajstić information content (AvgIpc) is 2.85. The Morgan fingerprint density at radius 1 is 1.18 bits per heavy atom. The molecule has 1 unspecified atom stereocenters. The summed E-state index contributed by atoms with van der Waals surface area (Å²) >= 11 is 0.947. The van der Waals surface area contributed by atoms with Crippen LogP contribution < -0.4 is 9.08 Å². The zero-order valence-electron chi connectivity index (χ0n) is 18.7. The van der Waals surface area contributed by atoms with Crippen LogP contribution in [0, 0.1) is 0 Å². The number of likely N-dealkylation sites (N-methyl/N-ethyl adjacent to an activating group) is 1. The molecular formula is C21H25F3N2O5S3. The minimum absolute atomic E-state index is 0.0531. The van der Waals surface area contributed by atoms with Gasteiger partial charge in [0.05, 0.1) is 10.6 Å². The molecule has 3 rings (SSSR count). The van der Waals surface area contributed by atoms with E-state index >= 15 is 0 Å². The van der Waals surface area contributed by atoms with E-state index in [0.29, 0.717) is 18.7 Å². The van der Waals surface area contributed by atoms with Crippen molar-refractivity contribution in [1.82, 2.24) is 4.31 Å². The van der Waals surface area contributed by atoms with Crippen molar-refractivity contribution in [2.45, 2.75) is 47.5 Å². The molecule has 1 aliphatic heterocycles. The number of alkyl halides is 3. The number of anilines is 2. The zero-order valence-corrected chi connectivity index (χ0v) is 21.2. The highest BCUT2D eigenvalue weighted by molar-refractivity contribution is 7.98. The fourth-order valence-corrected chi connectivity index (χ4v) is 6.30. The van der Waals surface area contributed by atoms with Crippen molar-refractivity contribution in [2.24, 2.45) is 0 Å². The molecule has 0 radical (unpaired) electrons. The van der Waals surface area contributed by atoms with E-state index in [1.54, 1.807) is 29.2 Å². The molecule has 2 aromatic carbocycles. The molecule has 13 heteroatoms. The molecule has 0 N–H and O–H groups in total. The molecule has 0 spiro atoms. The normalized spacial score (nSPS) is 18.9. The van der Waals surface area contributed by atoms with Gasteiger partial charge < -0.3 is 9.08 Å². The average molecular weight is 539 g/mol.